The van der Waals surface area contributed by atoms with Crippen molar-refractivity contribution in [2.24, 2.45) is 5.92 Å². The highest BCUT2D eigenvalue weighted by molar-refractivity contribution is 6.17. The molecule has 2 nitrogen and oxygen atoms in total. The summed E-state index contributed by atoms with van der Waals surface area (Å²) in [5.74, 6) is 1.25. The molecule has 0 saturated carbocycles. The second-order valence-corrected chi connectivity index (χ2v) is 4.28. The van der Waals surface area contributed by atoms with Gasteiger partial charge in [0.05, 0.1) is 0 Å². The van der Waals surface area contributed by atoms with Crippen LogP contribution in [0.25, 0.3) is 0 Å². The van der Waals surface area contributed by atoms with Gasteiger partial charge in [0.2, 0.25) is 5.91 Å². The predicted octanol–water partition coefficient (Wildman–Crippen LogP) is 2.56. The quantitative estimate of drug-likeness (QED) is 0.664. The topological polar surface area (TPSA) is 29.1 Å². The molecule has 3 heteroatoms. The van der Waals surface area contributed by atoms with Crippen molar-refractivity contribution in [3.63, 3.8) is 0 Å². The molecule has 0 bridgehead atoms. The molecular formula is C10H20ClNO. The SMILES string of the molecule is CC(C)CC(=O)NC(C)CCCCl. The van der Waals surface area contributed by atoms with Crippen LogP contribution in [0.5, 0.6) is 0 Å². The summed E-state index contributed by atoms with van der Waals surface area (Å²) in [7, 11) is 0. The zero-order valence-electron chi connectivity index (χ0n) is 8.77. The molecule has 0 radical (unpaired) electrons. The third-order valence-corrected chi connectivity index (χ3v) is 2.04. The van der Waals surface area contributed by atoms with Crippen molar-refractivity contribution in [1.29, 1.82) is 0 Å². The van der Waals surface area contributed by atoms with E-state index < -0.39 is 0 Å². The van der Waals surface area contributed by atoms with E-state index in [1.807, 2.05) is 20.8 Å². The van der Waals surface area contributed by atoms with Crippen LogP contribution in [-0.2, 0) is 4.79 Å². The van der Waals surface area contributed by atoms with E-state index in [2.05, 4.69) is 5.32 Å². The standard InChI is InChI=1S/C10H20ClNO/c1-8(2)7-10(13)12-9(3)5-4-6-11/h8-9H,4-7H2,1-3H3,(H,12,13). The zero-order chi connectivity index (χ0) is 10.3. The Morgan fingerprint density at radius 3 is 2.46 bits per heavy atom. The van der Waals surface area contributed by atoms with Crippen LogP contribution in [0.1, 0.15) is 40.0 Å². The third kappa shape index (κ3) is 8.10. The molecular weight excluding hydrogens is 186 g/mol. The molecule has 1 atom stereocenters. The van der Waals surface area contributed by atoms with Gasteiger partial charge in [-0.2, -0.15) is 0 Å². The molecule has 0 aromatic carbocycles. The van der Waals surface area contributed by atoms with Crippen LogP contribution in [0.2, 0.25) is 0 Å². The minimum absolute atomic E-state index is 0.150. The first-order valence-corrected chi connectivity index (χ1v) is 5.45. The fourth-order valence-corrected chi connectivity index (χ4v) is 1.31. The number of hydrogen-bond donors (Lipinski definition) is 1. The van der Waals surface area contributed by atoms with Gasteiger partial charge < -0.3 is 5.32 Å². The highest BCUT2D eigenvalue weighted by Gasteiger charge is 2.08. The number of halogens is 1. The summed E-state index contributed by atoms with van der Waals surface area (Å²) in [4.78, 5) is 11.3. The second kappa shape index (κ2) is 7.19. The summed E-state index contributed by atoms with van der Waals surface area (Å²) >= 11 is 5.55. The largest absolute Gasteiger partial charge is 0.354 e. The van der Waals surface area contributed by atoms with E-state index in [4.69, 9.17) is 11.6 Å². The van der Waals surface area contributed by atoms with E-state index in [0.29, 0.717) is 18.2 Å². The molecule has 0 aromatic rings. The Hall–Kier alpha value is -0.240. The molecule has 1 amide bonds. The van der Waals surface area contributed by atoms with Gasteiger partial charge in [0, 0.05) is 18.3 Å². The fraction of sp³-hybridized carbons (Fsp3) is 0.900. The van der Waals surface area contributed by atoms with Crippen molar-refractivity contribution >= 4 is 17.5 Å². The van der Waals surface area contributed by atoms with Gasteiger partial charge in [-0.05, 0) is 25.7 Å². The van der Waals surface area contributed by atoms with Crippen molar-refractivity contribution in [3.8, 4) is 0 Å². The number of nitrogens with one attached hydrogen (secondary N) is 1. The first-order valence-electron chi connectivity index (χ1n) is 4.91. The Morgan fingerprint density at radius 2 is 2.00 bits per heavy atom. The number of carbonyl (C=O) groups is 1. The summed E-state index contributed by atoms with van der Waals surface area (Å²) in [5.41, 5.74) is 0. The van der Waals surface area contributed by atoms with Crippen LogP contribution < -0.4 is 5.32 Å². The number of carbonyl (C=O) groups excluding carboxylic acids is 1. The molecule has 0 aromatic heterocycles. The Balaban J connectivity index is 3.53. The van der Waals surface area contributed by atoms with Crippen LogP contribution in [0.4, 0.5) is 0 Å². The smallest absolute Gasteiger partial charge is 0.220 e. The normalized spacial score (nSPS) is 13.0. The van der Waals surface area contributed by atoms with Gasteiger partial charge in [-0.15, -0.1) is 11.6 Å². The molecule has 1 unspecified atom stereocenters. The Bertz CT molecular complexity index is 148. The third-order valence-electron chi connectivity index (χ3n) is 1.77. The monoisotopic (exact) mass is 205 g/mol. The first kappa shape index (κ1) is 12.8. The van der Waals surface area contributed by atoms with E-state index in [1.54, 1.807) is 0 Å². The lowest BCUT2D eigenvalue weighted by Gasteiger charge is -2.13. The highest BCUT2D eigenvalue weighted by Crippen LogP contribution is 2.02. The Morgan fingerprint density at radius 1 is 1.38 bits per heavy atom. The minimum Gasteiger partial charge on any atom is -0.354 e. The number of alkyl halides is 1. The van der Waals surface area contributed by atoms with Crippen molar-refractivity contribution in [2.45, 2.75) is 46.1 Å². The lowest BCUT2D eigenvalue weighted by molar-refractivity contribution is -0.122. The van der Waals surface area contributed by atoms with Crippen molar-refractivity contribution in [2.75, 3.05) is 5.88 Å². The van der Waals surface area contributed by atoms with Crippen molar-refractivity contribution in [3.05, 3.63) is 0 Å². The van der Waals surface area contributed by atoms with E-state index >= 15 is 0 Å². The fourth-order valence-electron chi connectivity index (χ4n) is 1.16. The van der Waals surface area contributed by atoms with E-state index in [0.717, 1.165) is 12.8 Å². The van der Waals surface area contributed by atoms with Crippen LogP contribution in [0.3, 0.4) is 0 Å². The van der Waals surface area contributed by atoms with Crippen molar-refractivity contribution in [1.82, 2.24) is 5.32 Å². The molecule has 0 aliphatic rings. The number of amides is 1. The van der Waals surface area contributed by atoms with Gasteiger partial charge in [0.15, 0.2) is 0 Å². The van der Waals surface area contributed by atoms with E-state index in [-0.39, 0.29) is 11.9 Å². The summed E-state index contributed by atoms with van der Waals surface area (Å²) in [6.07, 6.45) is 2.54. The van der Waals surface area contributed by atoms with Crippen LogP contribution in [-0.4, -0.2) is 17.8 Å². The molecule has 0 fully saturated rings. The zero-order valence-corrected chi connectivity index (χ0v) is 9.53. The average molecular weight is 206 g/mol. The minimum atomic E-state index is 0.150. The molecule has 0 heterocycles. The lowest BCUT2D eigenvalue weighted by Crippen LogP contribution is -2.33. The Labute approximate surface area is 86.0 Å². The van der Waals surface area contributed by atoms with Crippen LogP contribution in [0.15, 0.2) is 0 Å². The molecule has 0 saturated heterocycles. The van der Waals surface area contributed by atoms with Gasteiger partial charge >= 0.3 is 0 Å². The van der Waals surface area contributed by atoms with E-state index in [1.165, 1.54) is 0 Å². The summed E-state index contributed by atoms with van der Waals surface area (Å²) in [5, 5.41) is 2.95. The van der Waals surface area contributed by atoms with Gasteiger partial charge in [-0.3, -0.25) is 4.79 Å². The molecule has 0 rings (SSSR count). The summed E-state index contributed by atoms with van der Waals surface area (Å²) in [6, 6.07) is 0.255. The molecule has 0 aliphatic heterocycles. The maximum absolute atomic E-state index is 11.3. The molecule has 1 N–H and O–H groups in total. The summed E-state index contributed by atoms with van der Waals surface area (Å²) < 4.78 is 0. The lowest BCUT2D eigenvalue weighted by atomic mass is 10.1. The Kier molecular flexibility index (Phi) is 7.06. The average Bonchev–Trinajstić information content (AvgIpc) is 1.98. The number of rotatable bonds is 6. The molecule has 0 spiro atoms. The van der Waals surface area contributed by atoms with Crippen LogP contribution in [0, 0.1) is 5.92 Å². The maximum Gasteiger partial charge on any atom is 0.220 e. The first-order chi connectivity index (χ1) is 6.06. The van der Waals surface area contributed by atoms with Gasteiger partial charge in [0.1, 0.15) is 0 Å². The molecule has 78 valence electrons. The highest BCUT2D eigenvalue weighted by atomic mass is 35.5. The van der Waals surface area contributed by atoms with Gasteiger partial charge in [-0.25, -0.2) is 0 Å². The molecule has 0 aliphatic carbocycles. The van der Waals surface area contributed by atoms with Gasteiger partial charge in [0.25, 0.3) is 0 Å². The maximum atomic E-state index is 11.3. The molecule has 13 heavy (non-hydrogen) atoms. The van der Waals surface area contributed by atoms with Gasteiger partial charge in [-0.1, -0.05) is 13.8 Å². The number of hydrogen-bond acceptors (Lipinski definition) is 1. The van der Waals surface area contributed by atoms with E-state index in [9.17, 15) is 4.79 Å². The predicted molar refractivity (Wildman–Crippen MR) is 57.0 cm³/mol. The van der Waals surface area contributed by atoms with Crippen molar-refractivity contribution < 1.29 is 4.79 Å². The van der Waals surface area contributed by atoms with Crippen LogP contribution >= 0.6 is 11.6 Å². The summed E-state index contributed by atoms with van der Waals surface area (Å²) in [6.45, 7) is 6.11. The second-order valence-electron chi connectivity index (χ2n) is 3.90.